The highest BCUT2D eigenvalue weighted by molar-refractivity contribution is 8.01. The lowest BCUT2D eigenvalue weighted by Crippen LogP contribution is -1.97. The van der Waals surface area contributed by atoms with Gasteiger partial charge in [0.25, 0.3) is 0 Å². The molecule has 3 nitrogen and oxygen atoms in total. The van der Waals surface area contributed by atoms with Crippen LogP contribution in [0.2, 0.25) is 0 Å². The van der Waals surface area contributed by atoms with Crippen molar-refractivity contribution < 1.29 is 4.79 Å². The minimum Gasteiger partial charge on any atom is -0.293 e. The number of nitrogens with zero attached hydrogens (tertiary/aromatic N) is 2. The van der Waals surface area contributed by atoms with E-state index in [0.29, 0.717) is 6.42 Å². The molecule has 0 fully saturated rings. The molecule has 0 amide bonds. The molecule has 84 valence electrons. The summed E-state index contributed by atoms with van der Waals surface area (Å²) in [7, 11) is 0. The molecular weight excluding hydrogens is 260 g/mol. The van der Waals surface area contributed by atoms with Gasteiger partial charge in [0.05, 0.1) is 4.88 Å². The summed E-state index contributed by atoms with van der Waals surface area (Å²) in [6, 6.07) is 3.77. The second-order valence-electron chi connectivity index (χ2n) is 3.09. The summed E-state index contributed by atoms with van der Waals surface area (Å²) in [4.78, 5) is 12.5. The molecule has 2 rings (SSSR count). The van der Waals surface area contributed by atoms with Gasteiger partial charge in [-0.3, -0.25) is 4.79 Å². The molecule has 16 heavy (non-hydrogen) atoms. The van der Waals surface area contributed by atoms with Crippen molar-refractivity contribution in [3.05, 3.63) is 27.4 Å². The van der Waals surface area contributed by atoms with Gasteiger partial charge < -0.3 is 0 Å². The van der Waals surface area contributed by atoms with Gasteiger partial charge in [0.1, 0.15) is 5.01 Å². The fourth-order valence-corrected chi connectivity index (χ4v) is 3.65. The summed E-state index contributed by atoms with van der Waals surface area (Å²) in [5.41, 5.74) is 0. The molecule has 0 spiro atoms. The molecule has 6 heteroatoms. The first kappa shape index (κ1) is 11.8. The molecule has 0 radical (unpaired) electrons. The molecule has 0 aliphatic heterocycles. The number of aromatic nitrogens is 2. The number of carbonyl (C=O) groups is 1. The molecule has 0 atom stereocenters. The topological polar surface area (TPSA) is 42.9 Å². The lowest BCUT2D eigenvalue weighted by Gasteiger charge is -1.95. The van der Waals surface area contributed by atoms with E-state index in [1.54, 1.807) is 23.1 Å². The number of thioether (sulfide) groups is 1. The standard InChI is InChI=1S/C10H10N2OS3/c1-7-11-12-10(16-7)15-6-4-8(13)9-3-2-5-14-9/h2-3,5H,4,6H2,1H3. The number of hydrogen-bond acceptors (Lipinski definition) is 6. The summed E-state index contributed by atoms with van der Waals surface area (Å²) in [6.45, 7) is 1.93. The Balaban J connectivity index is 1.78. The molecule has 0 aromatic carbocycles. The summed E-state index contributed by atoms with van der Waals surface area (Å²) >= 11 is 4.66. The van der Waals surface area contributed by atoms with Gasteiger partial charge in [0.2, 0.25) is 0 Å². The largest absolute Gasteiger partial charge is 0.293 e. The third-order valence-electron chi connectivity index (χ3n) is 1.86. The first-order valence-electron chi connectivity index (χ1n) is 4.75. The number of thiophene rings is 1. The predicted octanol–water partition coefficient (Wildman–Crippen LogP) is 3.27. The summed E-state index contributed by atoms with van der Waals surface area (Å²) in [5, 5.41) is 10.8. The molecule has 0 bridgehead atoms. The number of Topliss-reactive ketones (excluding diaryl/α,β-unsaturated/α-hetero) is 1. The summed E-state index contributed by atoms with van der Waals surface area (Å²) in [6.07, 6.45) is 0.559. The van der Waals surface area contributed by atoms with Crippen LogP contribution in [0.1, 0.15) is 21.1 Å². The minimum absolute atomic E-state index is 0.212. The Morgan fingerprint density at radius 3 is 3.00 bits per heavy atom. The van der Waals surface area contributed by atoms with Crippen molar-refractivity contribution >= 4 is 40.2 Å². The lowest BCUT2D eigenvalue weighted by molar-refractivity contribution is 0.0993. The number of ketones is 1. The Kier molecular flexibility index (Phi) is 4.09. The molecule has 0 unspecified atom stereocenters. The Morgan fingerprint density at radius 2 is 2.38 bits per heavy atom. The van der Waals surface area contributed by atoms with Crippen molar-refractivity contribution in [1.82, 2.24) is 10.2 Å². The second-order valence-corrected chi connectivity index (χ2v) is 6.56. The summed E-state index contributed by atoms with van der Waals surface area (Å²) in [5.74, 6) is 0.981. The fourth-order valence-electron chi connectivity index (χ4n) is 1.13. The highest BCUT2D eigenvalue weighted by atomic mass is 32.2. The van der Waals surface area contributed by atoms with Crippen LogP contribution in [0.25, 0.3) is 0 Å². The van der Waals surface area contributed by atoms with E-state index in [1.165, 1.54) is 11.3 Å². The Morgan fingerprint density at radius 1 is 1.50 bits per heavy atom. The smallest absolute Gasteiger partial charge is 0.174 e. The van der Waals surface area contributed by atoms with Crippen LogP contribution in [0.15, 0.2) is 21.9 Å². The van der Waals surface area contributed by atoms with Crippen LogP contribution in [0, 0.1) is 6.92 Å². The Bertz CT molecular complexity index is 464. The summed E-state index contributed by atoms with van der Waals surface area (Å²) < 4.78 is 0.941. The Hall–Kier alpha value is -0.720. The molecule has 0 N–H and O–H groups in total. The van der Waals surface area contributed by atoms with Gasteiger partial charge in [-0.15, -0.1) is 21.5 Å². The van der Waals surface area contributed by atoms with Crippen LogP contribution in [0.3, 0.4) is 0 Å². The number of hydrogen-bond donors (Lipinski definition) is 0. The van der Waals surface area contributed by atoms with E-state index < -0.39 is 0 Å². The highest BCUT2D eigenvalue weighted by Gasteiger charge is 2.07. The van der Waals surface area contributed by atoms with Crippen molar-refractivity contribution in [2.45, 2.75) is 17.7 Å². The van der Waals surface area contributed by atoms with E-state index in [2.05, 4.69) is 10.2 Å². The van der Waals surface area contributed by atoms with Crippen molar-refractivity contribution in [3.63, 3.8) is 0 Å². The van der Waals surface area contributed by atoms with Crippen LogP contribution in [-0.4, -0.2) is 21.7 Å². The molecule has 2 aromatic rings. The first-order chi connectivity index (χ1) is 7.75. The third kappa shape index (κ3) is 3.13. The second kappa shape index (κ2) is 5.56. The average molecular weight is 270 g/mol. The Labute approximate surface area is 106 Å². The molecular formula is C10H10N2OS3. The molecule has 2 heterocycles. The van der Waals surface area contributed by atoms with Crippen LogP contribution in [-0.2, 0) is 0 Å². The zero-order valence-electron chi connectivity index (χ0n) is 8.67. The van der Waals surface area contributed by atoms with Crippen molar-refractivity contribution in [2.24, 2.45) is 0 Å². The zero-order chi connectivity index (χ0) is 11.4. The van der Waals surface area contributed by atoms with E-state index in [-0.39, 0.29) is 5.78 Å². The van der Waals surface area contributed by atoms with Crippen LogP contribution < -0.4 is 0 Å². The number of carbonyl (C=O) groups excluding carboxylic acids is 1. The first-order valence-corrected chi connectivity index (χ1v) is 7.43. The number of aryl methyl sites for hydroxylation is 1. The molecule has 0 saturated carbocycles. The maximum absolute atomic E-state index is 11.7. The fraction of sp³-hybridized carbons (Fsp3) is 0.300. The van der Waals surface area contributed by atoms with E-state index in [9.17, 15) is 4.79 Å². The minimum atomic E-state index is 0.212. The lowest BCUT2D eigenvalue weighted by atomic mass is 10.3. The molecule has 0 aliphatic rings. The SMILES string of the molecule is Cc1nnc(SCCC(=O)c2cccs2)s1. The normalized spacial score (nSPS) is 10.6. The van der Waals surface area contributed by atoms with Gasteiger partial charge in [0.15, 0.2) is 10.1 Å². The third-order valence-corrected chi connectivity index (χ3v) is 4.74. The predicted molar refractivity (Wildman–Crippen MR) is 68.6 cm³/mol. The van der Waals surface area contributed by atoms with Crippen molar-refractivity contribution in [1.29, 1.82) is 0 Å². The van der Waals surface area contributed by atoms with Crippen LogP contribution in [0.5, 0.6) is 0 Å². The van der Waals surface area contributed by atoms with Crippen molar-refractivity contribution in [3.8, 4) is 0 Å². The van der Waals surface area contributed by atoms with Crippen LogP contribution in [0.4, 0.5) is 0 Å². The van der Waals surface area contributed by atoms with Gasteiger partial charge in [0, 0.05) is 12.2 Å². The number of rotatable bonds is 5. The van der Waals surface area contributed by atoms with Gasteiger partial charge in [-0.2, -0.15) is 0 Å². The van der Waals surface area contributed by atoms with Gasteiger partial charge in [-0.25, -0.2) is 0 Å². The van der Waals surface area contributed by atoms with E-state index in [4.69, 9.17) is 0 Å². The zero-order valence-corrected chi connectivity index (χ0v) is 11.1. The van der Waals surface area contributed by atoms with E-state index in [1.807, 2.05) is 24.4 Å². The molecule has 0 saturated heterocycles. The highest BCUT2D eigenvalue weighted by Crippen LogP contribution is 2.23. The van der Waals surface area contributed by atoms with E-state index >= 15 is 0 Å². The average Bonchev–Trinajstić information content (AvgIpc) is 2.89. The van der Waals surface area contributed by atoms with Gasteiger partial charge in [-0.05, 0) is 18.4 Å². The molecule has 0 aliphatic carbocycles. The van der Waals surface area contributed by atoms with Crippen LogP contribution >= 0.6 is 34.4 Å². The maximum atomic E-state index is 11.7. The van der Waals surface area contributed by atoms with Gasteiger partial charge in [-0.1, -0.05) is 29.2 Å². The quantitative estimate of drug-likeness (QED) is 0.618. The van der Waals surface area contributed by atoms with E-state index in [0.717, 1.165) is 20.0 Å². The van der Waals surface area contributed by atoms with Gasteiger partial charge >= 0.3 is 0 Å². The van der Waals surface area contributed by atoms with Crippen molar-refractivity contribution in [2.75, 3.05) is 5.75 Å². The monoisotopic (exact) mass is 270 g/mol. The maximum Gasteiger partial charge on any atom is 0.174 e. The molecule has 2 aromatic heterocycles.